The molecule has 4 rings (SSSR count). The van der Waals surface area contributed by atoms with Gasteiger partial charge < -0.3 is 19.4 Å². The fourth-order valence-corrected chi connectivity index (χ4v) is 3.84. The summed E-state index contributed by atoms with van der Waals surface area (Å²) < 4.78 is 114. The Morgan fingerprint density at radius 3 is 2.51 bits per heavy atom. The van der Waals surface area contributed by atoms with Gasteiger partial charge in [-0.1, -0.05) is 0 Å². The summed E-state index contributed by atoms with van der Waals surface area (Å²) in [5, 5.41) is 8.08. The Bertz CT molecular complexity index is 1150. The zero-order chi connectivity index (χ0) is 25.7. The number of carbonyl (C=O) groups is 2. The van der Waals surface area contributed by atoms with Gasteiger partial charge in [-0.15, -0.1) is 10.2 Å². The van der Waals surface area contributed by atoms with Crippen LogP contribution in [-0.4, -0.2) is 64.3 Å². The summed E-state index contributed by atoms with van der Waals surface area (Å²) in [6, 6.07) is -0.581. The van der Waals surface area contributed by atoms with Gasteiger partial charge >= 0.3 is 24.4 Å². The number of hydrogen-bond acceptors (Lipinski definition) is 6. The zero-order valence-corrected chi connectivity index (χ0v) is 17.2. The Balaban J connectivity index is 1.58. The molecule has 0 saturated carbocycles. The van der Waals surface area contributed by atoms with Crippen molar-refractivity contribution in [3.63, 3.8) is 0 Å². The standard InChI is InChI=1S/C19H14F8N4O4/c20-10-4-7(14-29-30-15(35-14)13(21)22)3-8-9(10)5-31(16(8)32)12-1-2-34-6-11(12)28-17(33)18(23,24)19(25,26)27/h3-4,11-13H,1-2,5-6H2,(H,28,33)/t11-,12-/m1/s1. The van der Waals surface area contributed by atoms with E-state index < -0.39 is 66.6 Å². The van der Waals surface area contributed by atoms with Gasteiger partial charge in [-0.05, 0) is 18.6 Å². The van der Waals surface area contributed by atoms with Crippen molar-refractivity contribution in [2.75, 3.05) is 13.2 Å². The first-order valence-electron chi connectivity index (χ1n) is 9.89. The highest BCUT2D eigenvalue weighted by Crippen LogP contribution is 2.37. The zero-order valence-electron chi connectivity index (χ0n) is 17.2. The van der Waals surface area contributed by atoms with Crippen molar-refractivity contribution in [3.8, 4) is 11.5 Å². The number of hydrogen-bond donors (Lipinski definition) is 1. The van der Waals surface area contributed by atoms with Crippen LogP contribution >= 0.6 is 0 Å². The van der Waals surface area contributed by atoms with E-state index in [2.05, 4.69) is 10.2 Å². The van der Waals surface area contributed by atoms with E-state index in [1.54, 1.807) is 5.32 Å². The number of amides is 2. The van der Waals surface area contributed by atoms with Crippen molar-refractivity contribution in [3.05, 3.63) is 35.0 Å². The molecule has 1 fully saturated rings. The van der Waals surface area contributed by atoms with Crippen molar-refractivity contribution < 1.29 is 53.9 Å². The third-order valence-corrected chi connectivity index (χ3v) is 5.57. The van der Waals surface area contributed by atoms with Crippen molar-refractivity contribution >= 4 is 11.8 Å². The van der Waals surface area contributed by atoms with Crippen molar-refractivity contribution in [1.82, 2.24) is 20.4 Å². The number of benzene rings is 1. The first kappa shape index (κ1) is 24.8. The summed E-state index contributed by atoms with van der Waals surface area (Å²) in [7, 11) is 0. The highest BCUT2D eigenvalue weighted by Gasteiger charge is 2.64. The second-order valence-corrected chi connectivity index (χ2v) is 7.75. The first-order chi connectivity index (χ1) is 16.3. The molecule has 0 spiro atoms. The number of carbonyl (C=O) groups excluding carboxylic acids is 2. The van der Waals surface area contributed by atoms with Crippen LogP contribution < -0.4 is 5.32 Å². The van der Waals surface area contributed by atoms with Gasteiger partial charge in [0.2, 0.25) is 5.89 Å². The number of halogens is 8. The monoisotopic (exact) mass is 514 g/mol. The maximum atomic E-state index is 14.8. The van der Waals surface area contributed by atoms with Crippen molar-refractivity contribution in [2.45, 2.75) is 43.6 Å². The van der Waals surface area contributed by atoms with Crippen LogP contribution in [0.15, 0.2) is 16.5 Å². The minimum atomic E-state index is -6.14. The van der Waals surface area contributed by atoms with Gasteiger partial charge in [0, 0.05) is 23.3 Å². The molecular weight excluding hydrogens is 500 g/mol. The van der Waals surface area contributed by atoms with Crippen LogP contribution in [0.3, 0.4) is 0 Å². The lowest BCUT2D eigenvalue weighted by molar-refractivity contribution is -0.270. The molecule has 1 aromatic carbocycles. The van der Waals surface area contributed by atoms with Gasteiger partial charge in [0.1, 0.15) is 5.82 Å². The second kappa shape index (κ2) is 8.73. The topological polar surface area (TPSA) is 97.6 Å². The minimum absolute atomic E-state index is 0.0149. The van der Waals surface area contributed by atoms with Gasteiger partial charge in [0.25, 0.3) is 11.8 Å². The minimum Gasteiger partial charge on any atom is -0.415 e. The Labute approximate surface area is 190 Å². The first-order valence-corrected chi connectivity index (χ1v) is 9.89. The number of rotatable bonds is 5. The van der Waals surface area contributed by atoms with Crippen LogP contribution in [0.1, 0.15) is 34.7 Å². The van der Waals surface area contributed by atoms with E-state index in [4.69, 9.17) is 9.15 Å². The molecule has 0 radical (unpaired) electrons. The SMILES string of the molecule is O=C1c2cc(-c3nnc(C(F)F)o3)cc(F)c2CN1[C@@H]1CCOC[C@H]1NC(=O)C(F)(F)C(F)(F)F. The molecule has 8 nitrogen and oxygen atoms in total. The van der Waals surface area contributed by atoms with Crippen molar-refractivity contribution in [1.29, 1.82) is 0 Å². The van der Waals surface area contributed by atoms with Crippen molar-refractivity contribution in [2.24, 2.45) is 0 Å². The predicted molar refractivity (Wildman–Crippen MR) is 96.7 cm³/mol. The van der Waals surface area contributed by atoms with Crippen LogP contribution in [0.5, 0.6) is 0 Å². The fourth-order valence-electron chi connectivity index (χ4n) is 3.84. The third kappa shape index (κ3) is 4.41. The molecule has 0 aliphatic carbocycles. The molecule has 0 unspecified atom stereocenters. The van der Waals surface area contributed by atoms with E-state index in [0.717, 1.165) is 17.0 Å². The summed E-state index contributed by atoms with van der Waals surface area (Å²) in [5.41, 5.74) is -0.545. The summed E-state index contributed by atoms with van der Waals surface area (Å²) >= 11 is 0. The Kier molecular flexibility index (Phi) is 6.19. The average Bonchev–Trinajstić information content (AvgIpc) is 3.39. The molecule has 1 aromatic heterocycles. The molecule has 2 aliphatic rings. The molecular formula is C19H14F8N4O4. The van der Waals surface area contributed by atoms with Crippen LogP contribution in [0.2, 0.25) is 0 Å². The van der Waals surface area contributed by atoms with Gasteiger partial charge in [-0.2, -0.15) is 30.7 Å². The number of ether oxygens (including phenoxy) is 1. The molecule has 190 valence electrons. The molecule has 1 saturated heterocycles. The van der Waals surface area contributed by atoms with Gasteiger partial charge in [0.05, 0.1) is 25.2 Å². The summed E-state index contributed by atoms with van der Waals surface area (Å²) in [6.07, 6.45) is -9.28. The van der Waals surface area contributed by atoms with Gasteiger partial charge in [0.15, 0.2) is 0 Å². The number of nitrogens with one attached hydrogen (secondary N) is 1. The fraction of sp³-hybridized carbons (Fsp3) is 0.474. The molecule has 0 bridgehead atoms. The van der Waals surface area contributed by atoms with Gasteiger partial charge in [-0.25, -0.2) is 4.39 Å². The number of aromatic nitrogens is 2. The van der Waals surface area contributed by atoms with E-state index in [1.807, 2.05) is 0 Å². The third-order valence-electron chi connectivity index (χ3n) is 5.57. The van der Waals surface area contributed by atoms with E-state index in [0.29, 0.717) is 0 Å². The van der Waals surface area contributed by atoms with Crippen LogP contribution in [-0.2, 0) is 16.1 Å². The summed E-state index contributed by atoms with van der Waals surface area (Å²) in [5.74, 6) is -11.6. The van der Waals surface area contributed by atoms with E-state index in [-0.39, 0.29) is 36.3 Å². The summed E-state index contributed by atoms with van der Waals surface area (Å²) in [4.78, 5) is 25.7. The number of nitrogens with zero attached hydrogens (tertiary/aromatic N) is 3. The Morgan fingerprint density at radius 1 is 1.17 bits per heavy atom. The molecule has 2 amide bonds. The lowest BCUT2D eigenvalue weighted by Crippen LogP contribution is -2.61. The number of fused-ring (bicyclic) bond motifs is 1. The summed E-state index contributed by atoms with van der Waals surface area (Å²) in [6.45, 7) is -0.880. The molecule has 1 N–H and O–H groups in total. The quantitative estimate of drug-likeness (QED) is 0.616. The lowest BCUT2D eigenvalue weighted by atomic mass is 10.0. The largest absolute Gasteiger partial charge is 0.463 e. The highest BCUT2D eigenvalue weighted by atomic mass is 19.4. The maximum absolute atomic E-state index is 14.8. The maximum Gasteiger partial charge on any atom is 0.463 e. The molecule has 2 aromatic rings. The molecule has 2 atom stereocenters. The van der Waals surface area contributed by atoms with Crippen LogP contribution in [0, 0.1) is 5.82 Å². The number of alkyl halides is 7. The Morgan fingerprint density at radius 2 is 1.89 bits per heavy atom. The average molecular weight is 514 g/mol. The van der Waals surface area contributed by atoms with Crippen LogP contribution in [0.4, 0.5) is 35.1 Å². The normalized spacial score (nSPS) is 20.9. The molecule has 35 heavy (non-hydrogen) atoms. The predicted octanol–water partition coefficient (Wildman–Crippen LogP) is 3.24. The molecule has 3 heterocycles. The molecule has 2 aliphatic heterocycles. The second-order valence-electron chi connectivity index (χ2n) is 7.75. The Hall–Kier alpha value is -3.30. The van der Waals surface area contributed by atoms with Crippen LogP contribution in [0.25, 0.3) is 11.5 Å². The van der Waals surface area contributed by atoms with E-state index in [1.165, 1.54) is 0 Å². The van der Waals surface area contributed by atoms with Gasteiger partial charge in [-0.3, -0.25) is 9.59 Å². The molecule has 16 heteroatoms. The highest BCUT2D eigenvalue weighted by molar-refractivity contribution is 5.99. The van der Waals surface area contributed by atoms with E-state index in [9.17, 15) is 44.7 Å². The van der Waals surface area contributed by atoms with E-state index >= 15 is 0 Å². The smallest absolute Gasteiger partial charge is 0.415 e. The lowest BCUT2D eigenvalue weighted by Gasteiger charge is -2.38.